The average molecular weight is 342 g/mol. The Kier molecular flexibility index (Phi) is 5.95. The van der Waals surface area contributed by atoms with Crippen molar-refractivity contribution in [2.24, 2.45) is 22.6 Å². The van der Waals surface area contributed by atoms with Crippen LogP contribution in [0, 0.1) is 11.8 Å². The number of hydrogen-bond donors (Lipinski definition) is 1. The lowest BCUT2D eigenvalue weighted by molar-refractivity contribution is -0.127. The number of piperidine rings is 1. The first kappa shape index (κ1) is 17.8. The van der Waals surface area contributed by atoms with Crippen molar-refractivity contribution < 1.29 is 4.79 Å². The lowest BCUT2D eigenvalue weighted by atomic mass is 10.0. The van der Waals surface area contributed by atoms with Crippen molar-refractivity contribution in [1.29, 1.82) is 0 Å². The topological polar surface area (TPSA) is 61.9 Å². The molecule has 5 nitrogen and oxygen atoms in total. The van der Waals surface area contributed by atoms with Gasteiger partial charge in [-0.3, -0.25) is 9.79 Å². The number of guanidine groups is 1. The monoisotopic (exact) mass is 342 g/mol. The molecule has 0 saturated carbocycles. The highest BCUT2D eigenvalue weighted by Gasteiger charge is 2.29. The van der Waals surface area contributed by atoms with Crippen LogP contribution in [0.2, 0.25) is 0 Å². The van der Waals surface area contributed by atoms with Gasteiger partial charge in [-0.15, -0.1) is 0 Å². The summed E-state index contributed by atoms with van der Waals surface area (Å²) in [7, 11) is 0. The number of carbonyl (C=O) groups excluding carboxylic acids is 1. The molecule has 0 spiro atoms. The van der Waals surface area contributed by atoms with Gasteiger partial charge in [0.05, 0.1) is 0 Å². The Morgan fingerprint density at radius 1 is 1.28 bits per heavy atom. The summed E-state index contributed by atoms with van der Waals surface area (Å²) in [5, 5.41) is 0. The molecule has 5 heteroatoms. The zero-order chi connectivity index (χ0) is 17.6. The number of aliphatic imine (C=N–C) groups is 1. The fraction of sp³-hybridized carbons (Fsp3) is 0.600. The first-order valence-electron chi connectivity index (χ1n) is 9.48. The van der Waals surface area contributed by atoms with E-state index in [9.17, 15) is 4.79 Å². The molecule has 0 aromatic heterocycles. The van der Waals surface area contributed by atoms with Crippen molar-refractivity contribution in [2.45, 2.75) is 32.6 Å². The Bertz CT molecular complexity index is 601. The zero-order valence-electron chi connectivity index (χ0n) is 15.2. The number of amides is 1. The van der Waals surface area contributed by atoms with Gasteiger partial charge in [-0.25, -0.2) is 0 Å². The van der Waals surface area contributed by atoms with Crippen molar-refractivity contribution in [3.63, 3.8) is 0 Å². The number of rotatable bonds is 5. The van der Waals surface area contributed by atoms with Gasteiger partial charge in [0.1, 0.15) is 0 Å². The molecule has 0 bridgehead atoms. The Labute approximate surface area is 150 Å². The predicted octanol–water partition coefficient (Wildman–Crippen LogP) is 2.12. The van der Waals surface area contributed by atoms with E-state index in [1.165, 1.54) is 18.4 Å². The summed E-state index contributed by atoms with van der Waals surface area (Å²) < 4.78 is 0. The molecular weight excluding hydrogens is 312 g/mol. The summed E-state index contributed by atoms with van der Waals surface area (Å²) in [5.74, 6) is 1.89. The van der Waals surface area contributed by atoms with Crippen molar-refractivity contribution in [3.8, 4) is 0 Å². The molecule has 2 aliphatic rings. The van der Waals surface area contributed by atoms with Gasteiger partial charge in [0.15, 0.2) is 5.96 Å². The van der Waals surface area contributed by atoms with E-state index in [1.807, 2.05) is 23.1 Å². The highest BCUT2D eigenvalue weighted by atomic mass is 16.2. The van der Waals surface area contributed by atoms with E-state index in [2.05, 4.69) is 28.9 Å². The van der Waals surface area contributed by atoms with E-state index in [4.69, 9.17) is 5.73 Å². The molecule has 2 saturated heterocycles. The van der Waals surface area contributed by atoms with Gasteiger partial charge < -0.3 is 15.5 Å². The molecule has 2 N–H and O–H groups in total. The third kappa shape index (κ3) is 4.97. The Balaban J connectivity index is 1.46. The molecule has 0 aliphatic carbocycles. The summed E-state index contributed by atoms with van der Waals surface area (Å²) in [6.07, 6.45) is 3.97. The van der Waals surface area contributed by atoms with Crippen LogP contribution in [0.25, 0.3) is 0 Å². The molecule has 3 rings (SSSR count). The fourth-order valence-electron chi connectivity index (χ4n) is 3.82. The van der Waals surface area contributed by atoms with Crippen molar-refractivity contribution in [2.75, 3.05) is 32.7 Å². The number of benzene rings is 1. The van der Waals surface area contributed by atoms with Gasteiger partial charge in [0.25, 0.3) is 0 Å². The number of carbonyl (C=O) groups is 1. The highest BCUT2D eigenvalue weighted by molar-refractivity contribution is 5.79. The van der Waals surface area contributed by atoms with Crippen LogP contribution in [-0.2, 0) is 11.2 Å². The van der Waals surface area contributed by atoms with E-state index in [0.717, 1.165) is 32.6 Å². The van der Waals surface area contributed by atoms with Gasteiger partial charge in [-0.05, 0) is 30.7 Å². The maximum Gasteiger partial charge on any atom is 0.223 e. The van der Waals surface area contributed by atoms with Crippen LogP contribution >= 0.6 is 0 Å². The molecule has 1 aromatic rings. The molecule has 2 aliphatic heterocycles. The molecule has 1 amide bonds. The standard InChI is InChI=1S/C20H30N4O/c1-16-6-5-10-24(14-16)20(21)22-13-18-12-19(25)23(15-18)11-9-17-7-3-2-4-8-17/h2-4,7-8,16,18H,5-6,9-15H2,1H3,(H2,21,22). The first-order valence-corrected chi connectivity index (χ1v) is 9.48. The summed E-state index contributed by atoms with van der Waals surface area (Å²) >= 11 is 0. The molecule has 2 unspecified atom stereocenters. The minimum Gasteiger partial charge on any atom is -0.370 e. The zero-order valence-corrected chi connectivity index (χ0v) is 15.2. The molecule has 2 fully saturated rings. The Morgan fingerprint density at radius 2 is 2.08 bits per heavy atom. The average Bonchev–Trinajstić information content (AvgIpc) is 2.98. The third-order valence-corrected chi connectivity index (χ3v) is 5.30. The van der Waals surface area contributed by atoms with Crippen molar-refractivity contribution in [1.82, 2.24) is 9.80 Å². The minimum atomic E-state index is 0.251. The van der Waals surface area contributed by atoms with E-state index >= 15 is 0 Å². The number of nitrogens with zero attached hydrogens (tertiary/aromatic N) is 3. The van der Waals surface area contributed by atoms with Crippen molar-refractivity contribution >= 4 is 11.9 Å². The predicted molar refractivity (Wildman–Crippen MR) is 101 cm³/mol. The number of nitrogens with two attached hydrogens (primary N) is 1. The normalized spacial score (nSPS) is 24.8. The molecule has 0 radical (unpaired) electrons. The molecule has 2 atom stereocenters. The van der Waals surface area contributed by atoms with Gasteiger partial charge >= 0.3 is 0 Å². The summed E-state index contributed by atoms with van der Waals surface area (Å²) in [6, 6.07) is 10.3. The maximum atomic E-state index is 12.2. The minimum absolute atomic E-state index is 0.251. The lowest BCUT2D eigenvalue weighted by Gasteiger charge is -2.31. The van der Waals surface area contributed by atoms with Crippen LogP contribution in [0.1, 0.15) is 31.7 Å². The quantitative estimate of drug-likeness (QED) is 0.659. The second-order valence-corrected chi connectivity index (χ2v) is 7.54. The fourth-order valence-corrected chi connectivity index (χ4v) is 3.82. The number of likely N-dealkylation sites (tertiary alicyclic amines) is 2. The third-order valence-electron chi connectivity index (χ3n) is 5.30. The van der Waals surface area contributed by atoms with Crippen LogP contribution in [0.4, 0.5) is 0 Å². The first-order chi connectivity index (χ1) is 12.1. The summed E-state index contributed by atoms with van der Waals surface area (Å²) in [6.45, 7) is 6.53. The Hall–Kier alpha value is -2.04. The van der Waals surface area contributed by atoms with Gasteiger partial charge in [0.2, 0.25) is 5.91 Å². The largest absolute Gasteiger partial charge is 0.370 e. The summed E-state index contributed by atoms with van der Waals surface area (Å²) in [4.78, 5) is 21.0. The number of hydrogen-bond acceptors (Lipinski definition) is 2. The van der Waals surface area contributed by atoms with Crippen molar-refractivity contribution in [3.05, 3.63) is 35.9 Å². The van der Waals surface area contributed by atoms with E-state index in [-0.39, 0.29) is 5.91 Å². The molecule has 25 heavy (non-hydrogen) atoms. The van der Waals surface area contributed by atoms with E-state index in [0.29, 0.717) is 30.8 Å². The maximum absolute atomic E-state index is 12.2. The van der Waals surface area contributed by atoms with Gasteiger partial charge in [-0.2, -0.15) is 0 Å². The van der Waals surface area contributed by atoms with Gasteiger partial charge in [0, 0.05) is 45.1 Å². The van der Waals surface area contributed by atoms with Crippen LogP contribution in [-0.4, -0.2) is 54.4 Å². The molecule has 1 aromatic carbocycles. The van der Waals surface area contributed by atoms with Crippen LogP contribution < -0.4 is 5.73 Å². The highest BCUT2D eigenvalue weighted by Crippen LogP contribution is 2.19. The molecule has 136 valence electrons. The smallest absolute Gasteiger partial charge is 0.223 e. The molecular formula is C20H30N4O. The SMILES string of the molecule is CC1CCCN(C(N)=NCC2CC(=O)N(CCc3ccccc3)C2)C1. The Morgan fingerprint density at radius 3 is 2.84 bits per heavy atom. The molecule has 2 heterocycles. The summed E-state index contributed by atoms with van der Waals surface area (Å²) in [5.41, 5.74) is 7.45. The second-order valence-electron chi connectivity index (χ2n) is 7.54. The van der Waals surface area contributed by atoms with Crippen LogP contribution in [0.5, 0.6) is 0 Å². The van der Waals surface area contributed by atoms with Crippen LogP contribution in [0.3, 0.4) is 0 Å². The lowest BCUT2D eigenvalue weighted by Crippen LogP contribution is -2.43. The van der Waals surface area contributed by atoms with Gasteiger partial charge in [-0.1, -0.05) is 37.3 Å². The second kappa shape index (κ2) is 8.37. The van der Waals surface area contributed by atoms with E-state index < -0.39 is 0 Å². The van der Waals surface area contributed by atoms with Crippen LogP contribution in [0.15, 0.2) is 35.3 Å². The van der Waals surface area contributed by atoms with E-state index in [1.54, 1.807) is 0 Å².